The molecule has 0 saturated carbocycles. The van der Waals surface area contributed by atoms with E-state index in [4.69, 9.17) is 10.2 Å². The van der Waals surface area contributed by atoms with E-state index in [1.54, 1.807) is 13.8 Å². The molecule has 0 aliphatic rings. The van der Waals surface area contributed by atoms with Gasteiger partial charge in [0.15, 0.2) is 0 Å². The highest BCUT2D eigenvalue weighted by Gasteiger charge is 2.36. The second-order valence-electron chi connectivity index (χ2n) is 7.81. The molecule has 2 aromatic carbocycles. The zero-order valence-electron chi connectivity index (χ0n) is 18.5. The number of halogens is 4. The molecule has 188 valence electrons. The van der Waals surface area contributed by atoms with Gasteiger partial charge >= 0.3 is 11.9 Å². The number of hydrogen-bond donors (Lipinski definition) is 3. The number of aryl methyl sites for hydroxylation is 1. The molecule has 1 amide bonds. The fourth-order valence-corrected chi connectivity index (χ4v) is 5.10. The lowest BCUT2D eigenvalue weighted by molar-refractivity contribution is -0.137. The predicted molar refractivity (Wildman–Crippen MR) is 114 cm³/mol. The molecule has 0 aliphatic carbocycles. The summed E-state index contributed by atoms with van der Waals surface area (Å²) in [6.07, 6.45) is -4.87. The number of aromatic amines is 1. The first-order valence-corrected chi connectivity index (χ1v) is 11.5. The third kappa shape index (κ3) is 5.27. The maximum absolute atomic E-state index is 14.8. The number of sulfonamides is 1. The van der Waals surface area contributed by atoms with Crippen LogP contribution < -0.4 is 16.2 Å². The van der Waals surface area contributed by atoms with E-state index >= 15 is 0 Å². The molecule has 14 heteroatoms. The third-order valence-corrected chi connectivity index (χ3v) is 7.05. The van der Waals surface area contributed by atoms with E-state index in [0.717, 1.165) is 0 Å². The van der Waals surface area contributed by atoms with Crippen LogP contribution in [0.4, 0.5) is 17.6 Å². The summed E-state index contributed by atoms with van der Waals surface area (Å²) in [6.45, 7) is 4.76. The van der Waals surface area contributed by atoms with Crippen molar-refractivity contribution in [2.75, 3.05) is 0 Å². The first-order chi connectivity index (χ1) is 16.1. The molecule has 1 aromatic heterocycles. The first kappa shape index (κ1) is 26.1. The van der Waals surface area contributed by atoms with Crippen LogP contribution in [0.25, 0.3) is 0 Å². The summed E-state index contributed by atoms with van der Waals surface area (Å²) in [5, 5.41) is 5.61. The molecule has 0 saturated heterocycles. The van der Waals surface area contributed by atoms with Gasteiger partial charge in [-0.05, 0) is 54.8 Å². The fourth-order valence-electron chi connectivity index (χ4n) is 3.63. The number of hydrogen-bond acceptors (Lipinski definition) is 6. The maximum Gasteiger partial charge on any atom is 0.434 e. The van der Waals surface area contributed by atoms with Gasteiger partial charge in [0.1, 0.15) is 11.9 Å². The molecule has 3 rings (SSSR count). The summed E-state index contributed by atoms with van der Waals surface area (Å²) in [5.41, 5.74) is 4.22. The van der Waals surface area contributed by atoms with Crippen molar-refractivity contribution in [3.63, 3.8) is 0 Å². The summed E-state index contributed by atoms with van der Waals surface area (Å²) in [5.74, 6) is -4.60. The van der Waals surface area contributed by atoms with Crippen LogP contribution >= 0.6 is 0 Å². The molecule has 0 radical (unpaired) electrons. The van der Waals surface area contributed by atoms with E-state index < -0.39 is 67.6 Å². The molecular formula is C21H20F4N4O5S. The number of benzene rings is 2. The molecule has 1 heterocycles. The van der Waals surface area contributed by atoms with Gasteiger partial charge in [0.05, 0.1) is 16.0 Å². The number of carbonyl (C=O) groups is 1. The predicted octanol–water partition coefficient (Wildman–Crippen LogP) is 3.06. The van der Waals surface area contributed by atoms with Crippen LogP contribution in [0.2, 0.25) is 0 Å². The molecule has 0 bridgehead atoms. The van der Waals surface area contributed by atoms with Crippen molar-refractivity contribution in [3.05, 3.63) is 80.4 Å². The Kier molecular flexibility index (Phi) is 6.90. The normalized spacial score (nSPS) is 14.0. The largest absolute Gasteiger partial charge is 0.434 e. The molecule has 1 unspecified atom stereocenters. The number of rotatable bonds is 7. The molecule has 0 spiro atoms. The smallest absolute Gasteiger partial charge is 0.391 e. The second-order valence-corrected chi connectivity index (χ2v) is 9.50. The van der Waals surface area contributed by atoms with E-state index in [1.807, 2.05) is 5.10 Å². The molecule has 35 heavy (non-hydrogen) atoms. The summed E-state index contributed by atoms with van der Waals surface area (Å²) in [7, 11) is -4.78. The number of nitrogens with zero attached hydrogens (tertiary/aromatic N) is 1. The maximum atomic E-state index is 14.8. The fraction of sp³-hybridized carbons (Fsp3) is 0.286. The number of alkyl halides is 3. The Morgan fingerprint density at radius 3 is 2.40 bits per heavy atom. The minimum Gasteiger partial charge on any atom is -0.391 e. The van der Waals surface area contributed by atoms with Gasteiger partial charge in [0.2, 0.25) is 21.8 Å². The van der Waals surface area contributed by atoms with Crippen molar-refractivity contribution >= 4 is 15.9 Å². The summed E-state index contributed by atoms with van der Waals surface area (Å²) >= 11 is 0. The SMILES string of the molecule is Cc1ccc(F)c(C(C)[C@H](NS(=O)(=O)c2ccc(C(F)(F)F)cc2C(N)=O)c2n[nH]c(=O)o2)c1C. The molecule has 2 atom stereocenters. The lowest BCUT2D eigenvalue weighted by Gasteiger charge is -2.25. The Labute approximate surface area is 196 Å². The van der Waals surface area contributed by atoms with Crippen LogP contribution in [0.5, 0.6) is 0 Å². The average molecular weight is 516 g/mol. The molecule has 0 fully saturated rings. The van der Waals surface area contributed by atoms with Gasteiger partial charge in [0.25, 0.3) is 0 Å². The number of H-pyrrole nitrogens is 1. The van der Waals surface area contributed by atoms with Crippen LogP contribution in [0.15, 0.2) is 44.4 Å². The van der Waals surface area contributed by atoms with Gasteiger partial charge in [0, 0.05) is 5.92 Å². The van der Waals surface area contributed by atoms with Crippen LogP contribution in [-0.4, -0.2) is 24.5 Å². The minimum atomic E-state index is -4.87. The molecule has 3 aromatic rings. The van der Waals surface area contributed by atoms with Gasteiger partial charge in [-0.2, -0.15) is 17.9 Å². The number of carbonyl (C=O) groups excluding carboxylic acids is 1. The van der Waals surface area contributed by atoms with E-state index in [2.05, 4.69) is 9.82 Å². The molecule has 0 aliphatic heterocycles. The average Bonchev–Trinajstić information content (AvgIpc) is 3.19. The van der Waals surface area contributed by atoms with E-state index in [9.17, 15) is 35.6 Å². The minimum absolute atomic E-state index is 0.0888. The lowest BCUT2D eigenvalue weighted by Crippen LogP contribution is -2.34. The van der Waals surface area contributed by atoms with Crippen LogP contribution in [0.1, 0.15) is 57.4 Å². The number of nitrogens with one attached hydrogen (secondary N) is 2. The summed E-state index contributed by atoms with van der Waals surface area (Å²) in [4.78, 5) is 22.5. The zero-order chi connectivity index (χ0) is 26.3. The standard InChI is InChI=1S/C21H20F4N4O5S/c1-9-4-6-14(22)16(10(9)2)11(3)17(19-27-28-20(31)34-19)29-35(32,33)15-7-5-12(21(23,24)25)8-13(15)18(26)30/h4-8,11,17,29H,1-3H3,(H2,26,30)(H,28,31)/t11?,17-/m0/s1. The van der Waals surface area contributed by atoms with Crippen molar-refractivity contribution in [1.29, 1.82) is 0 Å². The second kappa shape index (κ2) is 9.26. The Bertz CT molecular complexity index is 1450. The highest BCUT2D eigenvalue weighted by atomic mass is 32.2. The zero-order valence-corrected chi connectivity index (χ0v) is 19.3. The van der Waals surface area contributed by atoms with Gasteiger partial charge < -0.3 is 10.2 Å². The van der Waals surface area contributed by atoms with Crippen molar-refractivity contribution in [2.45, 2.75) is 43.8 Å². The van der Waals surface area contributed by atoms with Gasteiger partial charge in [-0.3, -0.25) is 4.79 Å². The van der Waals surface area contributed by atoms with Crippen LogP contribution in [0, 0.1) is 19.7 Å². The Hall–Kier alpha value is -3.52. The highest BCUT2D eigenvalue weighted by Crippen LogP contribution is 2.36. The summed E-state index contributed by atoms with van der Waals surface area (Å²) in [6, 6.07) is 2.56. The first-order valence-electron chi connectivity index (χ1n) is 9.98. The monoisotopic (exact) mass is 516 g/mol. The number of nitrogens with two attached hydrogens (primary N) is 1. The Morgan fingerprint density at radius 1 is 1.20 bits per heavy atom. The highest BCUT2D eigenvalue weighted by molar-refractivity contribution is 7.89. The lowest BCUT2D eigenvalue weighted by atomic mass is 9.88. The van der Waals surface area contributed by atoms with E-state index in [-0.39, 0.29) is 5.56 Å². The van der Waals surface area contributed by atoms with Gasteiger partial charge in [-0.1, -0.05) is 13.0 Å². The number of aromatic nitrogens is 2. The van der Waals surface area contributed by atoms with E-state index in [1.165, 1.54) is 19.1 Å². The summed E-state index contributed by atoms with van der Waals surface area (Å²) < 4.78 is 87.6. The Morgan fingerprint density at radius 2 is 1.86 bits per heavy atom. The molecule has 9 nitrogen and oxygen atoms in total. The third-order valence-electron chi connectivity index (χ3n) is 5.55. The van der Waals surface area contributed by atoms with Crippen molar-refractivity contribution < 1.29 is 35.2 Å². The van der Waals surface area contributed by atoms with Crippen LogP contribution in [-0.2, 0) is 16.2 Å². The topological polar surface area (TPSA) is 148 Å². The molecule has 4 N–H and O–H groups in total. The number of primary amides is 1. The quantitative estimate of drug-likeness (QED) is 0.411. The van der Waals surface area contributed by atoms with Gasteiger partial charge in [-0.25, -0.2) is 22.7 Å². The van der Waals surface area contributed by atoms with Crippen molar-refractivity contribution in [2.24, 2.45) is 5.73 Å². The van der Waals surface area contributed by atoms with Crippen LogP contribution in [0.3, 0.4) is 0 Å². The Balaban J connectivity index is 2.15. The van der Waals surface area contributed by atoms with Crippen molar-refractivity contribution in [3.8, 4) is 0 Å². The van der Waals surface area contributed by atoms with Crippen molar-refractivity contribution in [1.82, 2.24) is 14.9 Å². The van der Waals surface area contributed by atoms with E-state index in [0.29, 0.717) is 29.3 Å². The molecular weight excluding hydrogens is 496 g/mol. The van der Waals surface area contributed by atoms with Gasteiger partial charge in [-0.15, -0.1) is 5.10 Å². The number of amides is 1.